The normalized spacial score (nSPS) is 19.6. The van der Waals surface area contributed by atoms with E-state index in [9.17, 15) is 4.79 Å². The molecule has 0 aromatic carbocycles. The third kappa shape index (κ3) is 4.26. The van der Waals surface area contributed by atoms with Gasteiger partial charge in [-0.15, -0.1) is 0 Å². The fourth-order valence-corrected chi connectivity index (χ4v) is 4.40. The van der Waals surface area contributed by atoms with E-state index in [2.05, 4.69) is 38.0 Å². The Labute approximate surface area is 134 Å². The molecule has 1 atom stereocenters. The van der Waals surface area contributed by atoms with Gasteiger partial charge in [0.1, 0.15) is 10.7 Å². The van der Waals surface area contributed by atoms with Crippen molar-refractivity contribution in [3.8, 4) is 0 Å². The van der Waals surface area contributed by atoms with Gasteiger partial charge in [0.25, 0.3) is 5.91 Å². The van der Waals surface area contributed by atoms with Crippen LogP contribution in [0.3, 0.4) is 0 Å². The lowest BCUT2D eigenvalue weighted by Crippen LogP contribution is -2.41. The maximum atomic E-state index is 12.6. The fraction of sp³-hybridized carbons (Fsp3) is 0.714. The van der Waals surface area contributed by atoms with Crippen molar-refractivity contribution in [1.82, 2.24) is 9.88 Å². The molecule has 2 rings (SSSR count). The summed E-state index contributed by atoms with van der Waals surface area (Å²) < 4.78 is 0. The van der Waals surface area contributed by atoms with Gasteiger partial charge in [-0.05, 0) is 27.2 Å². The summed E-state index contributed by atoms with van der Waals surface area (Å²) in [5.74, 6) is 1.35. The van der Waals surface area contributed by atoms with Gasteiger partial charge in [0.05, 0.1) is 0 Å². The minimum atomic E-state index is -0.0975. The highest BCUT2D eigenvalue weighted by molar-refractivity contribution is 8.00. The zero-order valence-corrected chi connectivity index (χ0v) is 14.7. The second kappa shape index (κ2) is 6.44. The van der Waals surface area contributed by atoms with E-state index in [0.29, 0.717) is 21.1 Å². The summed E-state index contributed by atoms with van der Waals surface area (Å²) in [6.07, 6.45) is 1.09. The molecule has 7 heteroatoms. The van der Waals surface area contributed by atoms with E-state index in [1.165, 1.54) is 11.3 Å². The zero-order valence-electron chi connectivity index (χ0n) is 13.1. The van der Waals surface area contributed by atoms with Gasteiger partial charge < -0.3 is 16.0 Å². The molecule has 0 spiro atoms. The summed E-state index contributed by atoms with van der Waals surface area (Å²) in [5.41, 5.74) is 5.84. The number of nitrogens with one attached hydrogen (secondary N) is 1. The Bertz CT molecular complexity index is 510. The third-order valence-corrected chi connectivity index (χ3v) is 5.56. The van der Waals surface area contributed by atoms with Gasteiger partial charge >= 0.3 is 0 Å². The number of hydrogen-bond acceptors (Lipinski definition) is 6. The second-order valence-corrected chi connectivity index (χ2v) is 8.67. The number of amides is 1. The topological polar surface area (TPSA) is 71.2 Å². The molecule has 0 bridgehead atoms. The maximum absolute atomic E-state index is 12.6. The predicted octanol–water partition coefficient (Wildman–Crippen LogP) is 2.90. The number of rotatable bonds is 3. The largest absolute Gasteiger partial charge is 0.382 e. The number of nitrogens with zero attached hydrogens (tertiary/aromatic N) is 2. The van der Waals surface area contributed by atoms with Crippen LogP contribution in [-0.4, -0.2) is 45.4 Å². The van der Waals surface area contributed by atoms with Crippen molar-refractivity contribution >= 4 is 40.0 Å². The van der Waals surface area contributed by atoms with Crippen LogP contribution in [0.1, 0.15) is 43.8 Å². The van der Waals surface area contributed by atoms with E-state index in [1.807, 2.05) is 16.7 Å². The van der Waals surface area contributed by atoms with Gasteiger partial charge in [-0.3, -0.25) is 4.79 Å². The van der Waals surface area contributed by atoms with Crippen molar-refractivity contribution in [3.63, 3.8) is 0 Å². The van der Waals surface area contributed by atoms with Crippen LogP contribution >= 0.6 is 23.1 Å². The summed E-state index contributed by atoms with van der Waals surface area (Å²) in [5, 5.41) is 4.51. The number of nitrogens with two attached hydrogens (primary N) is 1. The van der Waals surface area contributed by atoms with Crippen LogP contribution in [0, 0.1) is 0 Å². The standard InChI is InChI=1S/C14H24N4OS2/c1-5-9-8-18(6-7-20-9)12(19)10-11(15)16-13(21-10)17-14(2,3)4/h9H,5-8,15H2,1-4H3,(H,16,17). The quantitative estimate of drug-likeness (QED) is 0.893. The van der Waals surface area contributed by atoms with E-state index in [1.54, 1.807) is 0 Å². The second-order valence-electron chi connectivity index (χ2n) is 6.26. The van der Waals surface area contributed by atoms with E-state index in [4.69, 9.17) is 5.73 Å². The molecule has 1 aliphatic heterocycles. The molecular formula is C14H24N4OS2. The summed E-state index contributed by atoms with van der Waals surface area (Å²) in [6, 6.07) is 0. The Hall–Kier alpha value is -0.950. The van der Waals surface area contributed by atoms with Gasteiger partial charge in [0.15, 0.2) is 5.13 Å². The van der Waals surface area contributed by atoms with Crippen LogP contribution in [0.5, 0.6) is 0 Å². The van der Waals surface area contributed by atoms with Gasteiger partial charge in [0.2, 0.25) is 0 Å². The summed E-state index contributed by atoms with van der Waals surface area (Å²) >= 11 is 3.30. The average molecular weight is 329 g/mol. The lowest BCUT2D eigenvalue weighted by atomic mass is 10.1. The highest BCUT2D eigenvalue weighted by Gasteiger charge is 2.27. The molecule has 1 aromatic heterocycles. The first-order chi connectivity index (χ1) is 9.80. The molecule has 0 aliphatic carbocycles. The Balaban J connectivity index is 2.12. The van der Waals surface area contributed by atoms with Crippen molar-refractivity contribution in [3.05, 3.63) is 4.88 Å². The maximum Gasteiger partial charge on any atom is 0.267 e. The van der Waals surface area contributed by atoms with Crippen LogP contribution in [0.2, 0.25) is 0 Å². The number of carbonyl (C=O) groups is 1. The van der Waals surface area contributed by atoms with E-state index in [0.717, 1.165) is 25.3 Å². The summed E-state index contributed by atoms with van der Waals surface area (Å²) in [6.45, 7) is 9.93. The summed E-state index contributed by atoms with van der Waals surface area (Å²) in [4.78, 5) is 19.4. The highest BCUT2D eigenvalue weighted by atomic mass is 32.2. The first-order valence-corrected chi connectivity index (χ1v) is 9.12. The smallest absolute Gasteiger partial charge is 0.267 e. The first-order valence-electron chi connectivity index (χ1n) is 7.25. The number of hydrogen-bond donors (Lipinski definition) is 2. The lowest BCUT2D eigenvalue weighted by Gasteiger charge is -2.31. The number of carbonyl (C=O) groups excluding carboxylic acids is 1. The van der Waals surface area contributed by atoms with Crippen molar-refractivity contribution in [2.75, 3.05) is 29.9 Å². The van der Waals surface area contributed by atoms with Crippen LogP contribution in [-0.2, 0) is 0 Å². The molecule has 1 aliphatic rings. The van der Waals surface area contributed by atoms with Gasteiger partial charge in [-0.25, -0.2) is 4.98 Å². The number of nitrogen functional groups attached to an aromatic ring is 1. The fourth-order valence-electron chi connectivity index (χ4n) is 2.15. The molecule has 1 saturated heterocycles. The molecule has 3 N–H and O–H groups in total. The molecule has 1 aromatic rings. The highest BCUT2D eigenvalue weighted by Crippen LogP contribution is 2.30. The molecule has 5 nitrogen and oxygen atoms in total. The van der Waals surface area contributed by atoms with Gasteiger partial charge in [-0.2, -0.15) is 11.8 Å². The van der Waals surface area contributed by atoms with Crippen molar-refractivity contribution in [2.45, 2.75) is 44.9 Å². The molecule has 1 fully saturated rings. The molecule has 118 valence electrons. The van der Waals surface area contributed by atoms with Crippen molar-refractivity contribution < 1.29 is 4.79 Å². The van der Waals surface area contributed by atoms with E-state index in [-0.39, 0.29) is 11.4 Å². The average Bonchev–Trinajstić information content (AvgIpc) is 2.76. The third-order valence-electron chi connectivity index (χ3n) is 3.21. The van der Waals surface area contributed by atoms with Crippen molar-refractivity contribution in [1.29, 1.82) is 0 Å². The lowest BCUT2D eigenvalue weighted by molar-refractivity contribution is 0.0766. The van der Waals surface area contributed by atoms with Crippen LogP contribution in [0.15, 0.2) is 0 Å². The van der Waals surface area contributed by atoms with Crippen LogP contribution < -0.4 is 11.1 Å². The Kier molecular flexibility index (Phi) is 5.03. The molecule has 1 amide bonds. The molecule has 1 unspecified atom stereocenters. The molecular weight excluding hydrogens is 304 g/mol. The number of aromatic nitrogens is 1. The molecule has 0 saturated carbocycles. The molecule has 21 heavy (non-hydrogen) atoms. The summed E-state index contributed by atoms with van der Waals surface area (Å²) in [7, 11) is 0. The van der Waals surface area contributed by atoms with Crippen LogP contribution in [0.25, 0.3) is 0 Å². The Morgan fingerprint density at radius 1 is 1.52 bits per heavy atom. The van der Waals surface area contributed by atoms with Gasteiger partial charge in [0, 0.05) is 29.6 Å². The van der Waals surface area contributed by atoms with Gasteiger partial charge in [-0.1, -0.05) is 18.3 Å². The monoisotopic (exact) mass is 328 g/mol. The van der Waals surface area contributed by atoms with Crippen molar-refractivity contribution in [2.24, 2.45) is 0 Å². The number of thiazole rings is 1. The SMILES string of the molecule is CCC1CN(C(=O)c2sc(NC(C)(C)C)nc2N)CCS1. The molecule has 2 heterocycles. The Morgan fingerprint density at radius 2 is 2.24 bits per heavy atom. The zero-order chi connectivity index (χ0) is 15.6. The predicted molar refractivity (Wildman–Crippen MR) is 92.3 cm³/mol. The minimum Gasteiger partial charge on any atom is -0.382 e. The molecule has 0 radical (unpaired) electrons. The van der Waals surface area contributed by atoms with E-state index >= 15 is 0 Å². The minimum absolute atomic E-state index is 0.0192. The Morgan fingerprint density at radius 3 is 2.86 bits per heavy atom. The number of anilines is 2. The number of thioether (sulfide) groups is 1. The van der Waals surface area contributed by atoms with Crippen LogP contribution in [0.4, 0.5) is 10.9 Å². The first kappa shape index (κ1) is 16.4. The van der Waals surface area contributed by atoms with E-state index < -0.39 is 0 Å².